The first-order valence-corrected chi connectivity index (χ1v) is 5.35. The molecule has 0 atom stereocenters. The number of aromatic nitrogens is 3. The molecule has 0 fully saturated rings. The highest BCUT2D eigenvalue weighted by atomic mass is 35.5. The highest BCUT2D eigenvalue weighted by Gasteiger charge is 2.26. The smallest absolute Gasteiger partial charge is 0.322 e. The lowest BCUT2D eigenvalue weighted by molar-refractivity contribution is -0.121. The zero-order valence-corrected chi connectivity index (χ0v) is 10.6. The Balaban J connectivity index is 2.95. The minimum absolute atomic E-state index is 0.0220. The second-order valence-electron chi connectivity index (χ2n) is 3.76. The predicted octanol–water partition coefficient (Wildman–Crippen LogP) is 0.599. The number of carbonyl (C=O) groups is 1. The van der Waals surface area contributed by atoms with Gasteiger partial charge in [0.1, 0.15) is 5.54 Å². The second-order valence-corrected chi connectivity index (χ2v) is 4.10. The molecular weight excluding hydrogens is 246 g/mol. The zero-order valence-electron chi connectivity index (χ0n) is 9.82. The van der Waals surface area contributed by atoms with Crippen LogP contribution < -0.4 is 15.8 Å². The average molecular weight is 260 g/mol. The molecule has 17 heavy (non-hydrogen) atoms. The van der Waals surface area contributed by atoms with E-state index in [9.17, 15) is 4.79 Å². The fourth-order valence-electron chi connectivity index (χ4n) is 0.923. The van der Waals surface area contributed by atoms with Crippen molar-refractivity contribution in [3.63, 3.8) is 0 Å². The lowest BCUT2D eigenvalue weighted by atomic mass is 10.1. The molecule has 0 unspecified atom stereocenters. The maximum absolute atomic E-state index is 11.1. The number of carbonyl (C=O) groups excluding carboxylic acids is 1. The van der Waals surface area contributed by atoms with E-state index in [1.807, 2.05) is 0 Å². The summed E-state index contributed by atoms with van der Waals surface area (Å²) in [6, 6.07) is 0.0928. The van der Waals surface area contributed by atoms with Crippen molar-refractivity contribution in [3.05, 3.63) is 5.28 Å². The van der Waals surface area contributed by atoms with Gasteiger partial charge in [-0.3, -0.25) is 4.79 Å². The molecule has 0 spiro atoms. The fourth-order valence-corrected chi connectivity index (χ4v) is 1.07. The van der Waals surface area contributed by atoms with Gasteiger partial charge >= 0.3 is 6.01 Å². The highest BCUT2D eigenvalue weighted by Crippen LogP contribution is 2.15. The summed E-state index contributed by atoms with van der Waals surface area (Å²) in [6.45, 7) is 5.40. The Bertz CT molecular complexity index is 424. The number of hydrogen-bond acceptors (Lipinski definition) is 6. The monoisotopic (exact) mass is 259 g/mol. The van der Waals surface area contributed by atoms with Crippen molar-refractivity contribution in [2.24, 2.45) is 5.73 Å². The first-order valence-electron chi connectivity index (χ1n) is 4.97. The van der Waals surface area contributed by atoms with Crippen molar-refractivity contribution in [1.82, 2.24) is 15.0 Å². The van der Waals surface area contributed by atoms with Crippen LogP contribution in [0.3, 0.4) is 0 Å². The quantitative estimate of drug-likeness (QED) is 0.803. The molecule has 0 aliphatic rings. The Labute approximate surface area is 104 Å². The van der Waals surface area contributed by atoms with E-state index in [0.717, 1.165) is 0 Å². The van der Waals surface area contributed by atoms with Crippen LogP contribution in [0.2, 0.25) is 5.28 Å². The second kappa shape index (κ2) is 5.13. The van der Waals surface area contributed by atoms with E-state index in [2.05, 4.69) is 20.3 Å². The molecule has 1 aromatic rings. The first kappa shape index (κ1) is 13.4. The number of rotatable bonds is 5. The number of amides is 1. The molecule has 1 amide bonds. The molecule has 7 nitrogen and oxygen atoms in total. The minimum atomic E-state index is -0.992. The maximum Gasteiger partial charge on any atom is 0.322 e. The maximum atomic E-state index is 11.1. The number of nitrogens with zero attached hydrogens (tertiary/aromatic N) is 3. The van der Waals surface area contributed by atoms with E-state index in [0.29, 0.717) is 6.61 Å². The molecule has 94 valence electrons. The van der Waals surface area contributed by atoms with Crippen LogP contribution >= 0.6 is 11.6 Å². The van der Waals surface area contributed by atoms with Crippen LogP contribution in [-0.2, 0) is 4.79 Å². The Kier molecular flexibility index (Phi) is 4.06. The van der Waals surface area contributed by atoms with Crippen LogP contribution in [0.25, 0.3) is 0 Å². The van der Waals surface area contributed by atoms with E-state index in [1.54, 1.807) is 20.8 Å². The molecule has 8 heteroatoms. The van der Waals surface area contributed by atoms with E-state index in [-0.39, 0.29) is 17.2 Å². The summed E-state index contributed by atoms with van der Waals surface area (Å²) < 4.78 is 5.10. The topological polar surface area (TPSA) is 103 Å². The van der Waals surface area contributed by atoms with Crippen LogP contribution in [0.1, 0.15) is 20.8 Å². The van der Waals surface area contributed by atoms with Crippen LogP contribution in [-0.4, -0.2) is 33.0 Å². The Morgan fingerprint density at radius 2 is 2.12 bits per heavy atom. The first-order chi connectivity index (χ1) is 7.85. The number of anilines is 1. The molecule has 0 aliphatic carbocycles. The molecule has 0 saturated heterocycles. The number of primary amides is 1. The number of nitrogens with two attached hydrogens (primary N) is 1. The Morgan fingerprint density at radius 1 is 1.47 bits per heavy atom. The number of nitrogens with one attached hydrogen (secondary N) is 1. The summed E-state index contributed by atoms with van der Waals surface area (Å²) in [6.07, 6.45) is 0. The standard InChI is InChI=1S/C9H14ClN5O2/c1-4-17-8-13-6(10)12-7(14-8)15-9(2,3)5(11)16/h4H2,1-3H3,(H2,11,16)(H,12,13,14,15). The van der Waals surface area contributed by atoms with Crippen molar-refractivity contribution >= 4 is 23.5 Å². The normalized spacial score (nSPS) is 11.1. The van der Waals surface area contributed by atoms with Crippen LogP contribution in [0.4, 0.5) is 5.95 Å². The largest absolute Gasteiger partial charge is 0.464 e. The summed E-state index contributed by atoms with van der Waals surface area (Å²) in [5, 5.41) is 2.73. The van der Waals surface area contributed by atoms with Crippen molar-refractivity contribution in [3.8, 4) is 6.01 Å². The molecule has 1 aromatic heterocycles. The molecule has 3 N–H and O–H groups in total. The van der Waals surface area contributed by atoms with E-state index in [1.165, 1.54) is 0 Å². The van der Waals surface area contributed by atoms with Gasteiger partial charge in [0, 0.05) is 0 Å². The molecule has 1 rings (SSSR count). The van der Waals surface area contributed by atoms with Gasteiger partial charge in [0.25, 0.3) is 0 Å². The van der Waals surface area contributed by atoms with Crippen molar-refractivity contribution in [2.75, 3.05) is 11.9 Å². The minimum Gasteiger partial charge on any atom is -0.464 e. The van der Waals surface area contributed by atoms with Gasteiger partial charge in [0.05, 0.1) is 6.61 Å². The van der Waals surface area contributed by atoms with E-state index in [4.69, 9.17) is 22.1 Å². The van der Waals surface area contributed by atoms with Crippen molar-refractivity contribution in [1.29, 1.82) is 0 Å². The van der Waals surface area contributed by atoms with Gasteiger partial charge in [-0.05, 0) is 32.4 Å². The lowest BCUT2D eigenvalue weighted by Crippen LogP contribution is -2.45. The molecular formula is C9H14ClN5O2. The van der Waals surface area contributed by atoms with Crippen LogP contribution in [0, 0.1) is 0 Å². The van der Waals surface area contributed by atoms with Gasteiger partial charge in [-0.25, -0.2) is 0 Å². The average Bonchev–Trinajstić information content (AvgIpc) is 2.15. The van der Waals surface area contributed by atoms with Gasteiger partial charge in [0.2, 0.25) is 17.1 Å². The molecule has 0 aromatic carbocycles. The Hall–Kier alpha value is -1.63. The van der Waals surface area contributed by atoms with Gasteiger partial charge in [0.15, 0.2) is 0 Å². The summed E-state index contributed by atoms with van der Waals surface area (Å²) in [5.74, 6) is -0.399. The van der Waals surface area contributed by atoms with Gasteiger partial charge in [-0.2, -0.15) is 15.0 Å². The summed E-state index contributed by atoms with van der Waals surface area (Å²) in [5.41, 5.74) is 4.22. The molecule has 0 aliphatic heterocycles. The van der Waals surface area contributed by atoms with Gasteiger partial charge in [-0.1, -0.05) is 0 Å². The van der Waals surface area contributed by atoms with E-state index >= 15 is 0 Å². The third-order valence-corrected chi connectivity index (χ3v) is 2.07. The molecule has 0 saturated carbocycles. The third-order valence-electron chi connectivity index (χ3n) is 1.90. The number of hydrogen-bond donors (Lipinski definition) is 2. The Morgan fingerprint density at radius 3 is 2.65 bits per heavy atom. The zero-order chi connectivity index (χ0) is 13.1. The van der Waals surface area contributed by atoms with Gasteiger partial charge < -0.3 is 15.8 Å². The SMILES string of the molecule is CCOc1nc(Cl)nc(NC(C)(C)C(N)=O)n1. The van der Waals surface area contributed by atoms with Crippen molar-refractivity contribution < 1.29 is 9.53 Å². The van der Waals surface area contributed by atoms with Crippen molar-refractivity contribution in [2.45, 2.75) is 26.3 Å². The predicted molar refractivity (Wildman–Crippen MR) is 62.9 cm³/mol. The summed E-state index contributed by atoms with van der Waals surface area (Å²) in [7, 11) is 0. The van der Waals surface area contributed by atoms with Crippen LogP contribution in [0.5, 0.6) is 6.01 Å². The molecule has 0 bridgehead atoms. The highest BCUT2D eigenvalue weighted by molar-refractivity contribution is 6.28. The van der Waals surface area contributed by atoms with Crippen LogP contribution in [0.15, 0.2) is 0 Å². The fraction of sp³-hybridized carbons (Fsp3) is 0.556. The number of ether oxygens (including phenoxy) is 1. The summed E-state index contributed by atoms with van der Waals surface area (Å²) >= 11 is 5.70. The summed E-state index contributed by atoms with van der Waals surface area (Å²) in [4.78, 5) is 22.7. The number of halogens is 1. The van der Waals surface area contributed by atoms with E-state index < -0.39 is 11.4 Å². The molecule has 1 heterocycles. The van der Waals surface area contributed by atoms with Gasteiger partial charge in [-0.15, -0.1) is 0 Å². The molecule has 0 radical (unpaired) electrons. The third kappa shape index (κ3) is 3.70. The lowest BCUT2D eigenvalue weighted by Gasteiger charge is -2.22.